The summed E-state index contributed by atoms with van der Waals surface area (Å²) in [7, 11) is 1.72. The van der Waals surface area contributed by atoms with Crippen LogP contribution in [0.15, 0.2) is 18.2 Å². The summed E-state index contributed by atoms with van der Waals surface area (Å²) in [6.07, 6.45) is 2.65. The first-order valence-electron chi connectivity index (χ1n) is 8.06. The number of hydrogen-bond acceptors (Lipinski definition) is 3. The molecule has 1 fully saturated rings. The van der Waals surface area contributed by atoms with Crippen molar-refractivity contribution in [3.8, 4) is 5.75 Å². The van der Waals surface area contributed by atoms with E-state index in [0.29, 0.717) is 18.9 Å². The molecule has 22 heavy (non-hydrogen) atoms. The lowest BCUT2D eigenvalue weighted by Gasteiger charge is -2.32. The van der Waals surface area contributed by atoms with Crippen LogP contribution in [0.2, 0.25) is 0 Å². The molecule has 1 aromatic carbocycles. The molecule has 0 spiro atoms. The second-order valence-electron chi connectivity index (χ2n) is 6.23. The summed E-state index contributed by atoms with van der Waals surface area (Å²) in [5.41, 5.74) is 2.36. The number of methoxy groups -OCH3 is 1. The van der Waals surface area contributed by atoms with E-state index in [2.05, 4.69) is 19.9 Å². The third kappa shape index (κ3) is 5.02. The van der Waals surface area contributed by atoms with Gasteiger partial charge in [0, 0.05) is 20.2 Å². The average Bonchev–Trinajstić information content (AvgIpc) is 2.47. The molecule has 0 radical (unpaired) electrons. The number of aryl methyl sites for hydroxylation is 2. The monoisotopic (exact) mass is 305 g/mol. The summed E-state index contributed by atoms with van der Waals surface area (Å²) in [6.45, 7) is 6.96. The maximum atomic E-state index is 12.3. The Morgan fingerprint density at radius 1 is 1.27 bits per heavy atom. The van der Waals surface area contributed by atoms with E-state index in [1.54, 1.807) is 7.11 Å². The van der Waals surface area contributed by atoms with Crippen molar-refractivity contribution in [1.29, 1.82) is 0 Å². The fraction of sp³-hybridized carbons (Fsp3) is 0.611. The van der Waals surface area contributed by atoms with Crippen LogP contribution >= 0.6 is 0 Å². The van der Waals surface area contributed by atoms with Gasteiger partial charge in [-0.3, -0.25) is 4.79 Å². The molecule has 1 saturated heterocycles. The molecule has 0 unspecified atom stereocenters. The third-order valence-corrected chi connectivity index (χ3v) is 4.05. The topological polar surface area (TPSA) is 38.8 Å². The van der Waals surface area contributed by atoms with Crippen molar-refractivity contribution in [3.63, 3.8) is 0 Å². The Morgan fingerprint density at radius 3 is 2.68 bits per heavy atom. The molecular formula is C18H27NO3. The lowest BCUT2D eigenvalue weighted by atomic mass is 9.99. The molecule has 4 nitrogen and oxygen atoms in total. The number of carbonyl (C=O) groups is 1. The minimum atomic E-state index is 0.185. The Hall–Kier alpha value is -1.55. The fourth-order valence-electron chi connectivity index (χ4n) is 3.09. The van der Waals surface area contributed by atoms with Crippen LogP contribution in [0.5, 0.6) is 5.75 Å². The van der Waals surface area contributed by atoms with Crippen LogP contribution in [0.25, 0.3) is 0 Å². The normalized spacial score (nSPS) is 18.3. The van der Waals surface area contributed by atoms with Gasteiger partial charge in [0.05, 0.1) is 19.6 Å². The van der Waals surface area contributed by atoms with Crippen LogP contribution in [0.1, 0.15) is 30.4 Å². The molecule has 0 aliphatic carbocycles. The highest BCUT2D eigenvalue weighted by atomic mass is 16.5. The van der Waals surface area contributed by atoms with E-state index in [4.69, 9.17) is 9.47 Å². The molecule has 4 heteroatoms. The van der Waals surface area contributed by atoms with Crippen molar-refractivity contribution in [2.45, 2.75) is 33.1 Å². The molecule has 1 amide bonds. The van der Waals surface area contributed by atoms with E-state index in [-0.39, 0.29) is 5.91 Å². The quantitative estimate of drug-likeness (QED) is 0.811. The van der Waals surface area contributed by atoms with Gasteiger partial charge in [0.1, 0.15) is 5.75 Å². The maximum Gasteiger partial charge on any atom is 0.226 e. The molecule has 1 heterocycles. The van der Waals surface area contributed by atoms with Crippen molar-refractivity contribution in [2.75, 3.05) is 33.4 Å². The predicted octanol–water partition coefficient (Wildman–Crippen LogP) is 2.96. The van der Waals surface area contributed by atoms with Crippen LogP contribution in [-0.4, -0.2) is 44.2 Å². The lowest BCUT2D eigenvalue weighted by Crippen LogP contribution is -2.41. The Morgan fingerprint density at radius 2 is 2.00 bits per heavy atom. The summed E-state index contributed by atoms with van der Waals surface area (Å²) in [5.74, 6) is 1.51. The average molecular weight is 305 g/mol. The molecule has 0 N–H and O–H groups in total. The Balaban J connectivity index is 1.77. The summed E-state index contributed by atoms with van der Waals surface area (Å²) in [5, 5.41) is 0. The second kappa shape index (κ2) is 8.18. The highest BCUT2D eigenvalue weighted by Crippen LogP contribution is 2.19. The molecule has 0 aromatic heterocycles. The van der Waals surface area contributed by atoms with Gasteiger partial charge in [0.25, 0.3) is 0 Å². The molecule has 122 valence electrons. The van der Waals surface area contributed by atoms with Gasteiger partial charge in [-0.05, 0) is 55.9 Å². The Bertz CT molecular complexity index is 479. The summed E-state index contributed by atoms with van der Waals surface area (Å²) < 4.78 is 10.9. The zero-order valence-electron chi connectivity index (χ0n) is 13.9. The molecule has 2 rings (SSSR count). The molecule has 0 bridgehead atoms. The van der Waals surface area contributed by atoms with Gasteiger partial charge in [-0.2, -0.15) is 0 Å². The molecule has 1 atom stereocenters. The van der Waals surface area contributed by atoms with Gasteiger partial charge in [-0.1, -0.05) is 6.07 Å². The zero-order valence-corrected chi connectivity index (χ0v) is 13.9. The number of ether oxygens (including phenoxy) is 2. The van der Waals surface area contributed by atoms with Crippen LogP contribution in [0.3, 0.4) is 0 Å². The van der Waals surface area contributed by atoms with E-state index in [1.807, 2.05) is 17.0 Å². The minimum absolute atomic E-state index is 0.185. The van der Waals surface area contributed by atoms with E-state index in [0.717, 1.165) is 38.3 Å². The highest BCUT2D eigenvalue weighted by Gasteiger charge is 2.23. The van der Waals surface area contributed by atoms with Gasteiger partial charge < -0.3 is 14.4 Å². The molecule has 1 aliphatic heterocycles. The van der Waals surface area contributed by atoms with Crippen LogP contribution in [0, 0.1) is 19.8 Å². The van der Waals surface area contributed by atoms with Gasteiger partial charge >= 0.3 is 0 Å². The fourth-order valence-corrected chi connectivity index (χ4v) is 3.09. The van der Waals surface area contributed by atoms with Crippen LogP contribution in [0.4, 0.5) is 0 Å². The summed E-state index contributed by atoms with van der Waals surface area (Å²) in [4.78, 5) is 14.2. The van der Waals surface area contributed by atoms with Gasteiger partial charge in [-0.15, -0.1) is 0 Å². The first kappa shape index (κ1) is 16.8. The van der Waals surface area contributed by atoms with E-state index >= 15 is 0 Å². The number of rotatable bonds is 6. The van der Waals surface area contributed by atoms with E-state index < -0.39 is 0 Å². The Kier molecular flexibility index (Phi) is 6.25. The van der Waals surface area contributed by atoms with Crippen molar-refractivity contribution < 1.29 is 14.3 Å². The molecule has 1 aliphatic rings. The first-order valence-corrected chi connectivity index (χ1v) is 8.06. The van der Waals surface area contributed by atoms with Crippen LogP contribution < -0.4 is 4.74 Å². The standard InChI is InChI=1S/C18H27NO3/c1-14-9-15(2)11-17(10-14)22-8-6-18(20)19-7-4-5-16(12-19)13-21-3/h9-11,16H,4-8,12-13H2,1-3H3/t16-/m0/s1. The zero-order chi connectivity index (χ0) is 15.9. The molecule has 1 aromatic rings. The van der Waals surface area contributed by atoms with E-state index in [1.165, 1.54) is 11.1 Å². The third-order valence-electron chi connectivity index (χ3n) is 4.05. The number of piperidine rings is 1. The van der Waals surface area contributed by atoms with Gasteiger partial charge in [0.2, 0.25) is 5.91 Å². The van der Waals surface area contributed by atoms with Crippen LogP contribution in [-0.2, 0) is 9.53 Å². The van der Waals surface area contributed by atoms with Gasteiger partial charge in [0.15, 0.2) is 0 Å². The van der Waals surface area contributed by atoms with Gasteiger partial charge in [-0.25, -0.2) is 0 Å². The SMILES string of the molecule is COC[C@H]1CCCN(C(=O)CCOc2cc(C)cc(C)c2)C1. The number of carbonyl (C=O) groups excluding carboxylic acids is 1. The van der Waals surface area contributed by atoms with Crippen molar-refractivity contribution >= 4 is 5.91 Å². The van der Waals surface area contributed by atoms with Crippen molar-refractivity contribution in [1.82, 2.24) is 4.90 Å². The lowest BCUT2D eigenvalue weighted by molar-refractivity contribution is -0.133. The minimum Gasteiger partial charge on any atom is -0.493 e. The maximum absolute atomic E-state index is 12.3. The second-order valence-corrected chi connectivity index (χ2v) is 6.23. The number of hydrogen-bond donors (Lipinski definition) is 0. The summed E-state index contributed by atoms with van der Waals surface area (Å²) >= 11 is 0. The largest absolute Gasteiger partial charge is 0.493 e. The van der Waals surface area contributed by atoms with Crippen molar-refractivity contribution in [3.05, 3.63) is 29.3 Å². The molecular weight excluding hydrogens is 278 g/mol. The first-order chi connectivity index (χ1) is 10.6. The summed E-state index contributed by atoms with van der Waals surface area (Å²) in [6, 6.07) is 6.13. The number of amides is 1. The number of nitrogens with zero attached hydrogens (tertiary/aromatic N) is 1. The Labute approximate surface area is 133 Å². The number of likely N-dealkylation sites (tertiary alicyclic amines) is 1. The van der Waals surface area contributed by atoms with E-state index in [9.17, 15) is 4.79 Å². The molecule has 0 saturated carbocycles. The van der Waals surface area contributed by atoms with Crippen molar-refractivity contribution in [2.24, 2.45) is 5.92 Å². The number of benzene rings is 1. The highest BCUT2D eigenvalue weighted by molar-refractivity contribution is 5.76. The predicted molar refractivity (Wildman–Crippen MR) is 87.2 cm³/mol. The smallest absolute Gasteiger partial charge is 0.226 e.